The fraction of sp³-hybridized carbons (Fsp3) is 0.204. The molecule has 113 heavy (non-hydrogen) atoms. The normalized spacial score (nSPS) is 10.2. The highest BCUT2D eigenvalue weighted by molar-refractivity contribution is 6.07. The first-order valence-electron chi connectivity index (χ1n) is 42.1. The van der Waals surface area contributed by atoms with Crippen LogP contribution >= 0.6 is 0 Å². The molecule has 0 heterocycles. The zero-order valence-electron chi connectivity index (χ0n) is 71.2. The van der Waals surface area contributed by atoms with E-state index in [0.29, 0.717) is 0 Å². The maximum Gasteiger partial charge on any atom is -0.00135 e. The van der Waals surface area contributed by atoms with Gasteiger partial charge in [-0.05, 0) is 166 Å². The minimum absolute atomic E-state index is 1.10. The van der Waals surface area contributed by atoms with Gasteiger partial charge < -0.3 is 0 Å². The fourth-order valence-electron chi connectivity index (χ4n) is 12.8. The molecule has 19 rings (SSSR count). The van der Waals surface area contributed by atoms with E-state index in [2.05, 4.69) is 352 Å². The van der Waals surface area contributed by atoms with E-state index >= 15 is 0 Å². The molecule has 0 bridgehead atoms. The van der Waals surface area contributed by atoms with Crippen molar-refractivity contribution in [2.24, 2.45) is 0 Å². The molecule has 3 aliphatic rings. The van der Waals surface area contributed by atoms with Crippen LogP contribution in [0.15, 0.2) is 413 Å². The van der Waals surface area contributed by atoms with Gasteiger partial charge in [0.25, 0.3) is 0 Å². The Bertz CT molecular complexity index is 4580. The molecule has 0 nitrogen and oxygen atoms in total. The van der Waals surface area contributed by atoms with Gasteiger partial charge in [0.05, 0.1) is 0 Å². The summed E-state index contributed by atoms with van der Waals surface area (Å²) in [5, 5.41) is 7.92. The molecule has 0 atom stereocenters. The van der Waals surface area contributed by atoms with Gasteiger partial charge in [0.15, 0.2) is 0 Å². The van der Waals surface area contributed by atoms with Crippen molar-refractivity contribution in [2.75, 3.05) is 0 Å². The van der Waals surface area contributed by atoms with E-state index in [0.717, 1.165) is 19.3 Å². The molecule has 0 spiro atoms. The number of fused-ring (bicyclic) bond motifs is 10. The molecule has 0 N–H and O–H groups in total. The van der Waals surface area contributed by atoms with E-state index in [1.165, 1.54) is 136 Å². The van der Waals surface area contributed by atoms with Gasteiger partial charge in [-0.2, -0.15) is 0 Å². The highest BCUT2D eigenvalue weighted by atomic mass is 14.2. The molecule has 0 heteroatoms. The summed E-state index contributed by atoms with van der Waals surface area (Å²) in [5.74, 6) is 0. The molecular formula is C113H130. The largest absolute Gasteiger partial charge is 0.0683 e. The van der Waals surface area contributed by atoms with Gasteiger partial charge in [0, 0.05) is 0 Å². The quantitative estimate of drug-likeness (QED) is 0.155. The Morgan fingerprint density at radius 2 is 0.310 bits per heavy atom. The smallest absolute Gasteiger partial charge is 0.00135 e. The van der Waals surface area contributed by atoms with Crippen molar-refractivity contribution < 1.29 is 0 Å². The zero-order chi connectivity index (χ0) is 81.7. The van der Waals surface area contributed by atoms with Gasteiger partial charge in [-0.25, -0.2) is 0 Å². The Morgan fingerprint density at radius 3 is 0.575 bits per heavy atom. The van der Waals surface area contributed by atoms with Crippen LogP contribution in [0, 0.1) is 0 Å². The Morgan fingerprint density at radius 1 is 0.133 bits per heavy atom. The highest BCUT2D eigenvalue weighted by Gasteiger charge is 2.16. The number of aryl methyl sites for hydroxylation is 2. The lowest BCUT2D eigenvalue weighted by atomic mass is 9.86. The average Bonchev–Trinajstić information content (AvgIpc) is 1.78. The van der Waals surface area contributed by atoms with Crippen LogP contribution in [-0.2, 0) is 32.1 Å². The number of benzene rings is 16. The Balaban J connectivity index is 0.000000268. The van der Waals surface area contributed by atoms with Crippen molar-refractivity contribution in [3.05, 3.63) is 457 Å². The molecule has 0 aliphatic heterocycles. The van der Waals surface area contributed by atoms with Gasteiger partial charge in [-0.15, -0.1) is 0 Å². The van der Waals surface area contributed by atoms with Gasteiger partial charge in [0.2, 0.25) is 0 Å². The first-order chi connectivity index (χ1) is 56.2. The van der Waals surface area contributed by atoms with E-state index in [9.17, 15) is 0 Å². The van der Waals surface area contributed by atoms with E-state index < -0.39 is 0 Å². The van der Waals surface area contributed by atoms with E-state index in [-0.39, 0.29) is 0 Å². The monoisotopic (exact) mass is 1490 g/mol. The topological polar surface area (TPSA) is 0 Å². The highest BCUT2D eigenvalue weighted by Crippen LogP contribution is 2.36. The SMILES string of the molecule is CC.CC.CC.CC.CC.CC.CC.CC.c1ccc(-c2ccc(-c3ccccc3)cc2)cc1.c1ccc(-c2ccccc2)cc1.c1ccc2c(c1)CCCC2.c1ccc2c(c1)Cc1ccccc1-2.c1ccc2c(c1)Cc1ccccc1C2.c1ccc2c(c1)ccc1ccccc12.c1ccc2ccccc2c1.c1ccccc1. The van der Waals surface area contributed by atoms with Crippen LogP contribution in [0.1, 0.15) is 168 Å². The average molecular weight is 1490 g/mol. The maximum atomic E-state index is 2.26. The number of hydrogen-bond donors (Lipinski definition) is 0. The minimum Gasteiger partial charge on any atom is -0.0683 e. The second kappa shape index (κ2) is 59.2. The molecule has 3 aliphatic carbocycles. The molecule has 582 valence electrons. The third-order valence-electron chi connectivity index (χ3n) is 17.9. The molecule has 0 fully saturated rings. The van der Waals surface area contributed by atoms with Crippen molar-refractivity contribution in [2.45, 2.75) is 156 Å². The first-order valence-corrected chi connectivity index (χ1v) is 42.1. The molecule has 0 saturated carbocycles. The van der Waals surface area contributed by atoms with Crippen LogP contribution in [0.2, 0.25) is 0 Å². The molecule has 0 amide bonds. The van der Waals surface area contributed by atoms with Crippen LogP contribution < -0.4 is 0 Å². The summed E-state index contributed by atoms with van der Waals surface area (Å²) >= 11 is 0. The number of hydrogen-bond acceptors (Lipinski definition) is 0. The number of rotatable bonds is 3. The summed E-state index contributed by atoms with van der Waals surface area (Å²) < 4.78 is 0. The minimum atomic E-state index is 1.10. The second-order valence-corrected chi connectivity index (χ2v) is 24.4. The lowest BCUT2D eigenvalue weighted by molar-refractivity contribution is 0.685. The summed E-state index contributed by atoms with van der Waals surface area (Å²) in [5.41, 5.74) is 22.5. The van der Waals surface area contributed by atoms with E-state index in [1.54, 1.807) is 11.1 Å². The van der Waals surface area contributed by atoms with Crippen LogP contribution in [0.5, 0.6) is 0 Å². The predicted molar refractivity (Wildman–Crippen MR) is 508 cm³/mol. The molecule has 0 radical (unpaired) electrons. The van der Waals surface area contributed by atoms with Crippen LogP contribution in [-0.4, -0.2) is 0 Å². The maximum absolute atomic E-state index is 2.26. The van der Waals surface area contributed by atoms with Crippen LogP contribution in [0.4, 0.5) is 0 Å². The standard InChI is InChI=1S/C18H14.C14H10.C14H12.C13H10.C12H10.C10H12.C10H8.C6H6.8C2H6/c1-3-7-15(8-4-1)17-11-13-18(14-12-17)16-9-5-2-6-10-16;1-3-7-13-11(5-1)9-10-12-6-2-4-8-14(12)13;1-2-6-12-10-14-8-4-3-7-13(14)9-11(12)5-1;1-3-7-12-10(5-1)9-11-6-2-4-8-13(11)12;1-3-7-11(8-4-1)12-9-5-2-6-10-12;2*1-2-6-10-8-4-3-7-9(10)5-1;1-2-4-6-5-3-1;8*1-2/h1-14H;1-10H;1-8H,9-10H2;1-8H,9H2;1-10H;1-2,5-6H,3-4,7-8H2;1-8H;1-6H;8*1-2H3. The van der Waals surface area contributed by atoms with Gasteiger partial charge in [-0.1, -0.05) is 523 Å². The lowest BCUT2D eigenvalue weighted by Crippen LogP contribution is -2.06. The Hall–Kier alpha value is -11.7. The van der Waals surface area contributed by atoms with Crippen molar-refractivity contribution in [3.8, 4) is 44.5 Å². The van der Waals surface area contributed by atoms with Gasteiger partial charge in [-0.3, -0.25) is 0 Å². The van der Waals surface area contributed by atoms with Crippen LogP contribution in [0.3, 0.4) is 0 Å². The van der Waals surface area contributed by atoms with Crippen molar-refractivity contribution in [1.29, 1.82) is 0 Å². The summed E-state index contributed by atoms with van der Waals surface area (Å²) in [6.07, 6.45) is 8.69. The van der Waals surface area contributed by atoms with Gasteiger partial charge in [0.1, 0.15) is 0 Å². The Labute approximate surface area is 685 Å². The first kappa shape index (κ1) is 93.7. The molecular weight excluding hydrogens is 1360 g/mol. The Kier molecular flexibility index (Phi) is 49.0. The van der Waals surface area contributed by atoms with E-state index in [1.807, 2.05) is 171 Å². The second-order valence-electron chi connectivity index (χ2n) is 24.4. The molecule has 0 saturated heterocycles. The summed E-state index contributed by atoms with van der Waals surface area (Å²) in [6, 6.07) is 144. The van der Waals surface area contributed by atoms with Crippen LogP contribution in [0.25, 0.3) is 76.8 Å². The lowest BCUT2D eigenvalue weighted by Gasteiger charge is -2.18. The molecule has 16 aromatic rings. The molecule has 0 aromatic heterocycles. The van der Waals surface area contributed by atoms with Crippen molar-refractivity contribution in [3.63, 3.8) is 0 Å². The summed E-state index contributed by atoms with van der Waals surface area (Å²) in [7, 11) is 0. The fourth-order valence-corrected chi connectivity index (χ4v) is 12.8. The molecule has 16 aromatic carbocycles. The van der Waals surface area contributed by atoms with E-state index in [4.69, 9.17) is 0 Å². The van der Waals surface area contributed by atoms with Crippen molar-refractivity contribution >= 4 is 32.3 Å². The van der Waals surface area contributed by atoms with Crippen molar-refractivity contribution in [1.82, 2.24) is 0 Å². The third-order valence-corrected chi connectivity index (χ3v) is 17.9. The summed E-state index contributed by atoms with van der Waals surface area (Å²) in [4.78, 5) is 0. The molecule has 0 unspecified atom stereocenters. The summed E-state index contributed by atoms with van der Waals surface area (Å²) in [6.45, 7) is 32.0. The zero-order valence-corrected chi connectivity index (χ0v) is 71.2. The third kappa shape index (κ3) is 31.5. The van der Waals surface area contributed by atoms with Gasteiger partial charge >= 0.3 is 0 Å². The predicted octanol–water partition coefficient (Wildman–Crippen LogP) is 34.1.